The largest absolute Gasteiger partial charge is 0.611 e. The molecular weight excluding hydrogens is 473 g/mol. The quantitative estimate of drug-likeness (QED) is 0.337. The van der Waals surface area contributed by atoms with E-state index in [2.05, 4.69) is 16.8 Å². The van der Waals surface area contributed by atoms with Crippen LogP contribution in [0, 0.1) is 0 Å². The van der Waals surface area contributed by atoms with Gasteiger partial charge < -0.3 is 19.1 Å². The summed E-state index contributed by atoms with van der Waals surface area (Å²) in [5.74, 6) is -0.818. The summed E-state index contributed by atoms with van der Waals surface area (Å²) in [6.07, 6.45) is 4.08. The highest BCUT2D eigenvalue weighted by Crippen LogP contribution is 2.33. The van der Waals surface area contributed by atoms with Gasteiger partial charge in [-0.3, -0.25) is 4.79 Å². The van der Waals surface area contributed by atoms with Gasteiger partial charge >= 0.3 is 5.97 Å². The first kappa shape index (κ1) is 24.9. The van der Waals surface area contributed by atoms with Crippen LogP contribution >= 0.6 is 23.2 Å². The predicted molar refractivity (Wildman–Crippen MR) is 127 cm³/mol. The molecule has 0 aromatic carbocycles. The van der Waals surface area contributed by atoms with Crippen LogP contribution in [0.25, 0.3) is 0 Å². The maximum absolute atomic E-state index is 13.3. The van der Waals surface area contributed by atoms with Crippen molar-refractivity contribution in [1.82, 2.24) is 9.88 Å². The molecule has 3 rings (SSSR count). The van der Waals surface area contributed by atoms with Crippen molar-refractivity contribution in [1.29, 1.82) is 0 Å². The van der Waals surface area contributed by atoms with E-state index >= 15 is 0 Å². The van der Waals surface area contributed by atoms with Crippen LogP contribution in [0.1, 0.15) is 33.6 Å². The van der Waals surface area contributed by atoms with Crippen molar-refractivity contribution in [2.75, 3.05) is 30.3 Å². The number of carbonyl (C=O) groups excluding carboxylic acids is 2. The molecule has 2 unspecified atom stereocenters. The lowest BCUT2D eigenvalue weighted by molar-refractivity contribution is -0.140. The molecule has 0 spiro atoms. The van der Waals surface area contributed by atoms with E-state index in [-0.39, 0.29) is 35.4 Å². The summed E-state index contributed by atoms with van der Waals surface area (Å²) in [4.78, 5) is 33.5. The first-order valence-corrected chi connectivity index (χ1v) is 12.6. The molecule has 2 aliphatic rings. The molecule has 1 aromatic heterocycles. The number of halogens is 2. The van der Waals surface area contributed by atoms with Gasteiger partial charge in [0.1, 0.15) is 10.1 Å². The second-order valence-corrected chi connectivity index (χ2v) is 10.0. The molecule has 0 bridgehead atoms. The Morgan fingerprint density at radius 1 is 1.25 bits per heavy atom. The third-order valence-corrected chi connectivity index (χ3v) is 7.99. The molecule has 1 aromatic rings. The van der Waals surface area contributed by atoms with Gasteiger partial charge in [0.15, 0.2) is 0 Å². The van der Waals surface area contributed by atoms with Crippen LogP contribution in [-0.2, 0) is 25.5 Å². The van der Waals surface area contributed by atoms with Gasteiger partial charge in [0, 0.05) is 49.1 Å². The van der Waals surface area contributed by atoms with Crippen molar-refractivity contribution in [3.8, 4) is 0 Å². The van der Waals surface area contributed by atoms with E-state index in [1.807, 2.05) is 24.0 Å². The van der Waals surface area contributed by atoms with Crippen molar-refractivity contribution < 1.29 is 18.9 Å². The van der Waals surface area contributed by atoms with E-state index < -0.39 is 17.1 Å². The van der Waals surface area contributed by atoms with E-state index in [9.17, 15) is 14.1 Å². The lowest BCUT2D eigenvalue weighted by Crippen LogP contribution is -2.59. The summed E-state index contributed by atoms with van der Waals surface area (Å²) >= 11 is 10.8. The molecule has 10 heteroatoms. The number of anilines is 1. The number of pyridine rings is 1. The summed E-state index contributed by atoms with van der Waals surface area (Å²) in [6, 6.07) is 3.79. The monoisotopic (exact) mass is 499 g/mol. The SMILES string of the molecule is CCOC(=O)C[S+]([O-])C1=C(Cl)C=C(C(=O)N2CCN(c3ccnc(Cl)c3)C(C)[C@@H]2C)CC1. The van der Waals surface area contributed by atoms with E-state index in [1.54, 1.807) is 19.2 Å². The Kier molecular flexibility index (Phi) is 8.49. The number of piperazine rings is 1. The fourth-order valence-electron chi connectivity index (χ4n) is 4.01. The summed E-state index contributed by atoms with van der Waals surface area (Å²) in [5.41, 5.74) is 1.57. The van der Waals surface area contributed by atoms with E-state index in [0.29, 0.717) is 41.6 Å². The molecule has 7 nitrogen and oxygen atoms in total. The number of hydrogen-bond acceptors (Lipinski definition) is 6. The molecule has 0 N–H and O–H groups in total. The van der Waals surface area contributed by atoms with E-state index in [0.717, 1.165) is 5.69 Å². The van der Waals surface area contributed by atoms with Crippen LogP contribution in [-0.4, -0.2) is 63.8 Å². The standard InChI is InChI=1S/C22H27Cl2N3O4S/c1-4-31-21(28)13-32(30)19-6-5-16(11-18(19)23)22(29)27-10-9-26(14(2)15(27)3)17-7-8-25-20(24)12-17/h7-8,11-12,14-15H,4-6,9-10,13H2,1-3H3/t14?,15-,32?/m0/s1. The Balaban J connectivity index is 1.70. The van der Waals surface area contributed by atoms with E-state index in [4.69, 9.17) is 27.9 Å². The number of allylic oxidation sites excluding steroid dienone is 3. The van der Waals surface area contributed by atoms with Crippen molar-refractivity contribution in [3.63, 3.8) is 0 Å². The second kappa shape index (κ2) is 10.9. The third-order valence-electron chi connectivity index (χ3n) is 5.86. The van der Waals surface area contributed by atoms with Crippen LogP contribution in [0.3, 0.4) is 0 Å². The molecule has 174 valence electrons. The van der Waals surface area contributed by atoms with Gasteiger partial charge in [0.2, 0.25) is 11.7 Å². The van der Waals surface area contributed by atoms with Gasteiger partial charge in [-0.25, -0.2) is 9.78 Å². The first-order valence-electron chi connectivity index (χ1n) is 10.5. The van der Waals surface area contributed by atoms with Gasteiger partial charge in [0.25, 0.3) is 0 Å². The fraction of sp³-hybridized carbons (Fsp3) is 0.500. The molecule has 0 radical (unpaired) electrons. The van der Waals surface area contributed by atoms with Crippen LogP contribution in [0.4, 0.5) is 5.69 Å². The normalized spacial score (nSPS) is 22.5. The van der Waals surface area contributed by atoms with Gasteiger partial charge in [-0.1, -0.05) is 23.2 Å². The average Bonchev–Trinajstić information content (AvgIpc) is 2.75. The summed E-state index contributed by atoms with van der Waals surface area (Å²) in [5, 5.41) is 0.707. The Morgan fingerprint density at radius 2 is 2.00 bits per heavy atom. The number of amides is 1. The highest BCUT2D eigenvalue weighted by molar-refractivity contribution is 7.95. The Morgan fingerprint density at radius 3 is 2.66 bits per heavy atom. The first-order chi connectivity index (χ1) is 15.2. The number of ether oxygens (including phenoxy) is 1. The zero-order valence-electron chi connectivity index (χ0n) is 18.3. The van der Waals surface area contributed by atoms with Gasteiger partial charge in [-0.15, -0.1) is 0 Å². The smallest absolute Gasteiger partial charge is 0.356 e. The summed E-state index contributed by atoms with van der Waals surface area (Å²) in [6.45, 7) is 7.27. The zero-order chi connectivity index (χ0) is 23.4. The lowest BCUT2D eigenvalue weighted by Gasteiger charge is -2.46. The maximum atomic E-state index is 13.3. The zero-order valence-corrected chi connectivity index (χ0v) is 20.7. The van der Waals surface area contributed by atoms with Gasteiger partial charge in [-0.2, -0.15) is 0 Å². The molecule has 1 aliphatic carbocycles. The van der Waals surface area contributed by atoms with Crippen molar-refractivity contribution >= 4 is 51.9 Å². The van der Waals surface area contributed by atoms with Crippen molar-refractivity contribution in [2.45, 2.75) is 45.7 Å². The third kappa shape index (κ3) is 5.60. The highest BCUT2D eigenvalue weighted by Gasteiger charge is 2.36. The van der Waals surface area contributed by atoms with E-state index in [1.165, 1.54) is 0 Å². The van der Waals surface area contributed by atoms with Crippen molar-refractivity contribution in [2.24, 2.45) is 0 Å². The summed E-state index contributed by atoms with van der Waals surface area (Å²) < 4.78 is 17.3. The number of esters is 1. The van der Waals surface area contributed by atoms with Crippen molar-refractivity contribution in [3.05, 3.63) is 45.1 Å². The Labute approximate surface area is 201 Å². The average molecular weight is 500 g/mol. The summed E-state index contributed by atoms with van der Waals surface area (Å²) in [7, 11) is 0. The second-order valence-electron chi connectivity index (χ2n) is 7.75. The van der Waals surface area contributed by atoms with Crippen LogP contribution < -0.4 is 4.90 Å². The maximum Gasteiger partial charge on any atom is 0.356 e. The topological polar surface area (TPSA) is 85.8 Å². The minimum absolute atomic E-state index is 0.0359. The molecule has 1 amide bonds. The number of hydrogen-bond donors (Lipinski definition) is 0. The fourth-order valence-corrected chi connectivity index (χ4v) is 5.74. The molecule has 1 saturated heterocycles. The number of rotatable bonds is 6. The van der Waals surface area contributed by atoms with Gasteiger partial charge in [-0.05, 0) is 56.6 Å². The minimum atomic E-state index is -1.56. The number of carbonyl (C=O) groups is 2. The Bertz CT molecular complexity index is 940. The number of aromatic nitrogens is 1. The Hall–Kier alpha value is -1.74. The predicted octanol–water partition coefficient (Wildman–Crippen LogP) is 3.64. The molecule has 1 fully saturated rings. The molecule has 1 aliphatic heterocycles. The minimum Gasteiger partial charge on any atom is -0.611 e. The molecule has 2 heterocycles. The lowest BCUT2D eigenvalue weighted by atomic mass is 9.99. The molecule has 32 heavy (non-hydrogen) atoms. The van der Waals surface area contributed by atoms with Crippen LogP contribution in [0.5, 0.6) is 0 Å². The van der Waals surface area contributed by atoms with Crippen LogP contribution in [0.15, 0.2) is 39.9 Å². The van der Waals surface area contributed by atoms with Crippen LogP contribution in [0.2, 0.25) is 5.15 Å². The molecule has 3 atom stereocenters. The number of nitrogens with zero attached hydrogens (tertiary/aromatic N) is 3. The van der Waals surface area contributed by atoms with Gasteiger partial charge in [0.05, 0.1) is 11.6 Å². The molecule has 0 saturated carbocycles. The highest BCUT2D eigenvalue weighted by atomic mass is 35.5. The molecular formula is C22H27Cl2N3O4S.